The number of hydrogen-bond donors (Lipinski definition) is 1. The topological polar surface area (TPSA) is 83.1 Å². The number of amides is 1. The smallest absolute Gasteiger partial charge is 0.331 e. The molecule has 1 N–H and O–H groups in total. The molecule has 29 heavy (non-hydrogen) atoms. The Hall–Kier alpha value is -3.48. The molecular formula is C22H25NO6. The number of methoxy groups -OCH3 is 2. The summed E-state index contributed by atoms with van der Waals surface area (Å²) in [6.07, 6.45) is 1.83. The van der Waals surface area contributed by atoms with Crippen LogP contribution in [0.4, 0.5) is 5.69 Å². The van der Waals surface area contributed by atoms with Crippen LogP contribution in [0.2, 0.25) is 0 Å². The molecule has 0 aliphatic rings. The Morgan fingerprint density at radius 2 is 1.72 bits per heavy atom. The van der Waals surface area contributed by atoms with Crippen LogP contribution < -0.4 is 19.5 Å². The van der Waals surface area contributed by atoms with Crippen LogP contribution >= 0.6 is 0 Å². The third kappa shape index (κ3) is 6.57. The molecule has 154 valence electrons. The lowest BCUT2D eigenvalue weighted by Gasteiger charge is -2.13. The van der Waals surface area contributed by atoms with Crippen molar-refractivity contribution in [1.29, 1.82) is 0 Å². The highest BCUT2D eigenvalue weighted by Gasteiger charge is 2.17. The van der Waals surface area contributed by atoms with Crippen LogP contribution in [0.3, 0.4) is 0 Å². The fraction of sp³-hybridized carbons (Fsp3) is 0.273. The number of ether oxygens (including phenoxy) is 4. The molecule has 2 aromatic rings. The van der Waals surface area contributed by atoms with Gasteiger partial charge in [-0.2, -0.15) is 0 Å². The van der Waals surface area contributed by atoms with Crippen LogP contribution in [0.1, 0.15) is 19.4 Å². The first-order valence-electron chi connectivity index (χ1n) is 9.11. The first kappa shape index (κ1) is 21.8. The highest BCUT2D eigenvalue weighted by Crippen LogP contribution is 2.25. The van der Waals surface area contributed by atoms with Gasteiger partial charge >= 0.3 is 5.97 Å². The average Bonchev–Trinajstić information content (AvgIpc) is 2.73. The highest BCUT2D eigenvalue weighted by molar-refractivity contribution is 5.96. The van der Waals surface area contributed by atoms with Crippen molar-refractivity contribution in [3.8, 4) is 17.2 Å². The molecule has 7 nitrogen and oxygen atoms in total. The molecule has 7 heteroatoms. The van der Waals surface area contributed by atoms with Gasteiger partial charge in [0.1, 0.15) is 17.2 Å². The Kier molecular flexibility index (Phi) is 8.09. The first-order valence-corrected chi connectivity index (χ1v) is 9.11. The summed E-state index contributed by atoms with van der Waals surface area (Å²) in [5.74, 6) is 0.829. The summed E-state index contributed by atoms with van der Waals surface area (Å²) in [7, 11) is 3.08. The van der Waals surface area contributed by atoms with Crippen molar-refractivity contribution in [3.05, 3.63) is 54.1 Å². The molecule has 0 saturated carbocycles. The van der Waals surface area contributed by atoms with Crippen LogP contribution in [0, 0.1) is 0 Å². The summed E-state index contributed by atoms with van der Waals surface area (Å²) < 4.78 is 20.9. The Balaban J connectivity index is 1.92. The number of benzene rings is 2. The standard InChI is InChI=1S/C22H25NO6/c1-5-28-18-11-8-17(9-12-18)23-22(25)15(2)29-21(24)13-7-16-6-10-19(26-3)14-20(16)27-4/h6-15H,5H2,1-4H3,(H,23,25)/b13-7+/t15-/m0/s1. The van der Waals surface area contributed by atoms with Gasteiger partial charge in [-0.3, -0.25) is 4.79 Å². The lowest BCUT2D eigenvalue weighted by atomic mass is 10.1. The number of carbonyl (C=O) groups is 2. The van der Waals surface area contributed by atoms with Crippen molar-refractivity contribution in [3.63, 3.8) is 0 Å². The first-order chi connectivity index (χ1) is 14.0. The second kappa shape index (κ2) is 10.8. The van der Waals surface area contributed by atoms with Crippen molar-refractivity contribution >= 4 is 23.6 Å². The molecule has 1 atom stereocenters. The minimum absolute atomic E-state index is 0.432. The zero-order valence-electron chi connectivity index (χ0n) is 16.9. The van der Waals surface area contributed by atoms with Gasteiger partial charge in [0.15, 0.2) is 6.10 Å². The second-order valence-corrected chi connectivity index (χ2v) is 5.97. The molecule has 1 amide bonds. The maximum atomic E-state index is 12.2. The monoisotopic (exact) mass is 399 g/mol. The van der Waals surface area contributed by atoms with E-state index in [4.69, 9.17) is 18.9 Å². The largest absolute Gasteiger partial charge is 0.497 e. The Labute approximate surface area is 170 Å². The Morgan fingerprint density at radius 3 is 2.34 bits per heavy atom. The summed E-state index contributed by atoms with van der Waals surface area (Å²) >= 11 is 0. The highest BCUT2D eigenvalue weighted by atomic mass is 16.5. The number of carbonyl (C=O) groups excluding carboxylic acids is 2. The van der Waals surface area contributed by atoms with E-state index in [1.54, 1.807) is 55.7 Å². The maximum absolute atomic E-state index is 12.2. The lowest BCUT2D eigenvalue weighted by Crippen LogP contribution is -2.29. The van der Waals surface area contributed by atoms with Crippen molar-refractivity contribution in [1.82, 2.24) is 0 Å². The molecule has 0 spiro atoms. The minimum atomic E-state index is -0.962. The van der Waals surface area contributed by atoms with Crippen LogP contribution in [-0.2, 0) is 14.3 Å². The van der Waals surface area contributed by atoms with Gasteiger partial charge in [0.05, 0.1) is 20.8 Å². The van der Waals surface area contributed by atoms with Gasteiger partial charge in [0.2, 0.25) is 0 Å². The average molecular weight is 399 g/mol. The summed E-state index contributed by atoms with van der Waals surface area (Å²) in [4.78, 5) is 24.3. The Bertz CT molecular complexity index is 860. The molecule has 0 heterocycles. The fourth-order valence-electron chi connectivity index (χ4n) is 2.43. The summed E-state index contributed by atoms with van der Waals surface area (Å²) in [6, 6.07) is 12.1. The van der Waals surface area contributed by atoms with Crippen LogP contribution in [-0.4, -0.2) is 38.8 Å². The summed E-state index contributed by atoms with van der Waals surface area (Å²) in [6.45, 7) is 3.96. The zero-order valence-corrected chi connectivity index (χ0v) is 16.9. The third-order valence-electron chi connectivity index (χ3n) is 3.93. The molecule has 0 aromatic heterocycles. The molecule has 0 fully saturated rings. The van der Waals surface area contributed by atoms with Crippen molar-refractivity contribution in [2.24, 2.45) is 0 Å². The molecule has 2 rings (SSSR count). The number of hydrogen-bond acceptors (Lipinski definition) is 6. The van der Waals surface area contributed by atoms with E-state index in [0.29, 0.717) is 35.1 Å². The van der Waals surface area contributed by atoms with E-state index in [0.717, 1.165) is 0 Å². The van der Waals surface area contributed by atoms with Gasteiger partial charge in [-0.1, -0.05) is 0 Å². The zero-order chi connectivity index (χ0) is 21.2. The van der Waals surface area contributed by atoms with E-state index >= 15 is 0 Å². The van der Waals surface area contributed by atoms with Crippen molar-refractivity contribution < 1.29 is 28.5 Å². The molecule has 0 saturated heterocycles. The molecule has 0 unspecified atom stereocenters. The van der Waals surface area contributed by atoms with Gasteiger partial charge in [-0.05, 0) is 56.3 Å². The van der Waals surface area contributed by atoms with E-state index in [2.05, 4.69) is 5.32 Å². The van der Waals surface area contributed by atoms with Gasteiger partial charge in [-0.15, -0.1) is 0 Å². The number of esters is 1. The minimum Gasteiger partial charge on any atom is -0.497 e. The third-order valence-corrected chi connectivity index (χ3v) is 3.93. The summed E-state index contributed by atoms with van der Waals surface area (Å²) in [5, 5.41) is 2.69. The van der Waals surface area contributed by atoms with E-state index < -0.39 is 18.0 Å². The SMILES string of the molecule is CCOc1ccc(NC(=O)[C@H](C)OC(=O)/C=C/c2ccc(OC)cc2OC)cc1. The van der Waals surface area contributed by atoms with Crippen LogP contribution in [0.5, 0.6) is 17.2 Å². The predicted octanol–water partition coefficient (Wildman–Crippen LogP) is 3.69. The normalized spacial score (nSPS) is 11.6. The van der Waals surface area contributed by atoms with Gasteiger partial charge in [-0.25, -0.2) is 4.79 Å². The van der Waals surface area contributed by atoms with Crippen molar-refractivity contribution in [2.75, 3.05) is 26.1 Å². The predicted molar refractivity (Wildman–Crippen MR) is 110 cm³/mol. The molecule has 0 aliphatic heterocycles. The molecule has 0 bridgehead atoms. The van der Waals surface area contributed by atoms with E-state index in [1.165, 1.54) is 20.1 Å². The molecule has 0 aliphatic carbocycles. The van der Waals surface area contributed by atoms with Gasteiger partial charge in [0, 0.05) is 23.4 Å². The quantitative estimate of drug-likeness (QED) is 0.512. The lowest BCUT2D eigenvalue weighted by molar-refractivity contribution is -0.148. The number of nitrogens with one attached hydrogen (secondary N) is 1. The van der Waals surface area contributed by atoms with E-state index in [1.807, 2.05) is 6.92 Å². The second-order valence-electron chi connectivity index (χ2n) is 5.97. The molecule has 0 radical (unpaired) electrons. The van der Waals surface area contributed by atoms with Crippen LogP contribution in [0.25, 0.3) is 6.08 Å². The van der Waals surface area contributed by atoms with E-state index in [9.17, 15) is 9.59 Å². The summed E-state index contributed by atoms with van der Waals surface area (Å²) in [5.41, 5.74) is 1.26. The van der Waals surface area contributed by atoms with E-state index in [-0.39, 0.29) is 0 Å². The number of rotatable bonds is 9. The van der Waals surface area contributed by atoms with Gasteiger partial charge < -0.3 is 24.3 Å². The number of anilines is 1. The van der Waals surface area contributed by atoms with Crippen molar-refractivity contribution in [2.45, 2.75) is 20.0 Å². The molecular weight excluding hydrogens is 374 g/mol. The Morgan fingerprint density at radius 1 is 1.03 bits per heavy atom. The fourth-order valence-corrected chi connectivity index (χ4v) is 2.43. The molecule has 2 aromatic carbocycles. The van der Waals surface area contributed by atoms with Crippen LogP contribution in [0.15, 0.2) is 48.5 Å². The maximum Gasteiger partial charge on any atom is 0.331 e. The van der Waals surface area contributed by atoms with Gasteiger partial charge in [0.25, 0.3) is 5.91 Å².